The maximum atomic E-state index is 12.4. The summed E-state index contributed by atoms with van der Waals surface area (Å²) >= 11 is 0. The van der Waals surface area contributed by atoms with E-state index in [1.807, 2.05) is 0 Å². The van der Waals surface area contributed by atoms with Gasteiger partial charge in [-0.15, -0.1) is 0 Å². The lowest BCUT2D eigenvalue weighted by Gasteiger charge is -2.29. The standard InChI is InChI=1S/C15H26N2O2/c1-3-11(2)10-16-13-9-14(18)17(15(13)19)12-7-5-4-6-8-12/h11-13,16H,3-10H2,1-2H3. The van der Waals surface area contributed by atoms with Gasteiger partial charge in [-0.3, -0.25) is 14.5 Å². The zero-order chi connectivity index (χ0) is 13.8. The van der Waals surface area contributed by atoms with E-state index < -0.39 is 0 Å². The molecule has 2 atom stereocenters. The van der Waals surface area contributed by atoms with E-state index in [0.29, 0.717) is 12.3 Å². The Morgan fingerprint density at radius 2 is 1.95 bits per heavy atom. The first-order valence-electron chi connectivity index (χ1n) is 7.72. The molecule has 2 amide bonds. The van der Waals surface area contributed by atoms with Gasteiger partial charge in [0.25, 0.3) is 0 Å². The highest BCUT2D eigenvalue weighted by Crippen LogP contribution is 2.27. The second kappa shape index (κ2) is 6.51. The Kier molecular flexibility index (Phi) is 4.97. The van der Waals surface area contributed by atoms with Crippen molar-refractivity contribution in [1.29, 1.82) is 0 Å². The normalized spacial score (nSPS) is 27.1. The average molecular weight is 266 g/mol. The molecule has 19 heavy (non-hydrogen) atoms. The summed E-state index contributed by atoms with van der Waals surface area (Å²) in [6.45, 7) is 5.12. The second-order valence-electron chi connectivity index (χ2n) is 6.07. The van der Waals surface area contributed by atoms with Crippen LogP contribution in [0, 0.1) is 5.92 Å². The zero-order valence-corrected chi connectivity index (χ0v) is 12.2. The largest absolute Gasteiger partial charge is 0.305 e. The summed E-state index contributed by atoms with van der Waals surface area (Å²) in [5.74, 6) is 0.588. The molecule has 0 aromatic rings. The Morgan fingerprint density at radius 1 is 1.26 bits per heavy atom. The molecule has 1 saturated carbocycles. The minimum absolute atomic E-state index is 0.0141. The molecule has 0 radical (unpaired) electrons. The predicted octanol–water partition coefficient (Wildman–Crippen LogP) is 2.08. The number of rotatable bonds is 5. The number of imide groups is 1. The second-order valence-corrected chi connectivity index (χ2v) is 6.07. The van der Waals surface area contributed by atoms with E-state index in [0.717, 1.165) is 38.6 Å². The molecule has 4 heteroatoms. The van der Waals surface area contributed by atoms with Crippen molar-refractivity contribution in [3.8, 4) is 0 Å². The van der Waals surface area contributed by atoms with Gasteiger partial charge in [-0.05, 0) is 25.3 Å². The third kappa shape index (κ3) is 3.35. The zero-order valence-electron chi connectivity index (χ0n) is 12.2. The first-order valence-corrected chi connectivity index (χ1v) is 7.72. The van der Waals surface area contributed by atoms with Crippen LogP contribution >= 0.6 is 0 Å². The highest BCUT2D eigenvalue weighted by Gasteiger charge is 2.42. The summed E-state index contributed by atoms with van der Waals surface area (Å²) in [4.78, 5) is 26.0. The Labute approximate surface area is 115 Å². The van der Waals surface area contributed by atoms with Crippen LogP contribution in [0.25, 0.3) is 0 Å². The predicted molar refractivity (Wildman–Crippen MR) is 74.6 cm³/mol. The van der Waals surface area contributed by atoms with Gasteiger partial charge in [0.15, 0.2) is 0 Å². The first-order chi connectivity index (χ1) is 9.13. The van der Waals surface area contributed by atoms with Gasteiger partial charge in [-0.2, -0.15) is 0 Å². The van der Waals surface area contributed by atoms with Crippen LogP contribution in [0.2, 0.25) is 0 Å². The number of hydrogen-bond acceptors (Lipinski definition) is 3. The first kappa shape index (κ1) is 14.5. The van der Waals surface area contributed by atoms with Crippen LogP contribution < -0.4 is 5.32 Å². The molecule has 1 aliphatic heterocycles. The lowest BCUT2D eigenvalue weighted by molar-refractivity contribution is -0.142. The quantitative estimate of drug-likeness (QED) is 0.775. The maximum absolute atomic E-state index is 12.4. The third-order valence-corrected chi connectivity index (χ3v) is 4.53. The lowest BCUT2D eigenvalue weighted by Crippen LogP contribution is -2.45. The van der Waals surface area contributed by atoms with Crippen LogP contribution in [0.3, 0.4) is 0 Å². The maximum Gasteiger partial charge on any atom is 0.247 e. The number of hydrogen-bond donors (Lipinski definition) is 1. The Bertz CT molecular complexity index is 337. The molecular formula is C15H26N2O2. The number of nitrogens with one attached hydrogen (secondary N) is 1. The molecule has 2 aliphatic rings. The van der Waals surface area contributed by atoms with E-state index in [9.17, 15) is 9.59 Å². The van der Waals surface area contributed by atoms with E-state index in [2.05, 4.69) is 19.2 Å². The van der Waals surface area contributed by atoms with Crippen LogP contribution in [-0.4, -0.2) is 35.3 Å². The van der Waals surface area contributed by atoms with Crippen LogP contribution in [0.5, 0.6) is 0 Å². The van der Waals surface area contributed by atoms with Crippen molar-refractivity contribution >= 4 is 11.8 Å². The van der Waals surface area contributed by atoms with E-state index in [-0.39, 0.29) is 23.9 Å². The highest BCUT2D eigenvalue weighted by molar-refractivity contribution is 6.05. The monoisotopic (exact) mass is 266 g/mol. The molecule has 1 aliphatic carbocycles. The molecule has 1 saturated heterocycles. The molecule has 4 nitrogen and oxygen atoms in total. The summed E-state index contributed by atoms with van der Waals surface area (Å²) in [7, 11) is 0. The van der Waals surface area contributed by atoms with Crippen molar-refractivity contribution in [2.75, 3.05) is 6.54 Å². The van der Waals surface area contributed by atoms with Crippen molar-refractivity contribution in [2.24, 2.45) is 5.92 Å². The SMILES string of the molecule is CCC(C)CNC1CC(=O)N(C2CCCCC2)C1=O. The van der Waals surface area contributed by atoms with Crippen molar-refractivity contribution in [1.82, 2.24) is 10.2 Å². The summed E-state index contributed by atoms with van der Waals surface area (Å²) in [5, 5.41) is 3.27. The topological polar surface area (TPSA) is 49.4 Å². The van der Waals surface area contributed by atoms with Crippen molar-refractivity contribution in [2.45, 2.75) is 70.9 Å². The summed E-state index contributed by atoms with van der Waals surface area (Å²) < 4.78 is 0. The van der Waals surface area contributed by atoms with Gasteiger partial charge in [0, 0.05) is 6.04 Å². The fraction of sp³-hybridized carbons (Fsp3) is 0.867. The Hall–Kier alpha value is -0.900. The van der Waals surface area contributed by atoms with E-state index in [4.69, 9.17) is 0 Å². The average Bonchev–Trinajstić information content (AvgIpc) is 2.71. The molecule has 2 unspecified atom stereocenters. The van der Waals surface area contributed by atoms with Gasteiger partial charge in [-0.25, -0.2) is 0 Å². The molecule has 0 bridgehead atoms. The minimum Gasteiger partial charge on any atom is -0.305 e. The van der Waals surface area contributed by atoms with E-state index >= 15 is 0 Å². The third-order valence-electron chi connectivity index (χ3n) is 4.53. The molecule has 2 rings (SSSR count). The summed E-state index contributed by atoms with van der Waals surface area (Å²) in [5.41, 5.74) is 0. The highest BCUT2D eigenvalue weighted by atomic mass is 16.2. The fourth-order valence-corrected chi connectivity index (χ4v) is 3.02. The molecular weight excluding hydrogens is 240 g/mol. The van der Waals surface area contributed by atoms with Gasteiger partial charge in [-0.1, -0.05) is 39.5 Å². The Morgan fingerprint density at radius 3 is 2.58 bits per heavy atom. The number of nitrogens with zero attached hydrogens (tertiary/aromatic N) is 1. The fourth-order valence-electron chi connectivity index (χ4n) is 3.02. The van der Waals surface area contributed by atoms with Crippen LogP contribution in [0.15, 0.2) is 0 Å². The van der Waals surface area contributed by atoms with Crippen molar-refractivity contribution in [3.05, 3.63) is 0 Å². The van der Waals surface area contributed by atoms with E-state index in [1.54, 1.807) is 4.90 Å². The number of amides is 2. The molecule has 0 aromatic carbocycles. The minimum atomic E-state index is -0.275. The van der Waals surface area contributed by atoms with Crippen molar-refractivity contribution in [3.63, 3.8) is 0 Å². The smallest absolute Gasteiger partial charge is 0.247 e. The van der Waals surface area contributed by atoms with Crippen LogP contribution in [0.1, 0.15) is 58.8 Å². The van der Waals surface area contributed by atoms with Crippen LogP contribution in [0.4, 0.5) is 0 Å². The number of likely N-dealkylation sites (tertiary alicyclic amines) is 1. The number of carbonyl (C=O) groups excluding carboxylic acids is 2. The van der Waals surface area contributed by atoms with Gasteiger partial charge < -0.3 is 5.32 Å². The van der Waals surface area contributed by atoms with Crippen LogP contribution in [-0.2, 0) is 9.59 Å². The van der Waals surface area contributed by atoms with Gasteiger partial charge in [0.2, 0.25) is 11.8 Å². The summed E-state index contributed by atoms with van der Waals surface area (Å²) in [6.07, 6.45) is 6.97. The van der Waals surface area contributed by atoms with Gasteiger partial charge in [0.1, 0.15) is 0 Å². The molecule has 1 heterocycles. The summed E-state index contributed by atoms with van der Waals surface area (Å²) in [6, 6.07) is -0.104. The number of carbonyl (C=O) groups is 2. The Balaban J connectivity index is 1.92. The molecule has 1 N–H and O–H groups in total. The molecule has 0 spiro atoms. The molecule has 2 fully saturated rings. The lowest BCUT2D eigenvalue weighted by atomic mass is 9.94. The van der Waals surface area contributed by atoms with E-state index in [1.165, 1.54) is 6.42 Å². The van der Waals surface area contributed by atoms with Gasteiger partial charge in [0.05, 0.1) is 12.5 Å². The van der Waals surface area contributed by atoms with Gasteiger partial charge >= 0.3 is 0 Å². The molecule has 0 aromatic heterocycles. The molecule has 108 valence electrons. The van der Waals surface area contributed by atoms with Crippen molar-refractivity contribution < 1.29 is 9.59 Å².